The highest BCUT2D eigenvalue weighted by Crippen LogP contribution is 2.42. The molecule has 1 heterocycles. The van der Waals surface area contributed by atoms with Gasteiger partial charge in [-0.2, -0.15) is 0 Å². The molecule has 0 saturated heterocycles. The van der Waals surface area contributed by atoms with E-state index in [9.17, 15) is 0 Å². The summed E-state index contributed by atoms with van der Waals surface area (Å²) in [5.41, 5.74) is 4.14. The van der Waals surface area contributed by atoms with Crippen LogP contribution in [0.4, 0.5) is 0 Å². The van der Waals surface area contributed by atoms with E-state index in [-0.39, 0.29) is 0 Å². The van der Waals surface area contributed by atoms with E-state index in [0.717, 1.165) is 43.1 Å². The molecular formula is C19H20O3. The van der Waals surface area contributed by atoms with Gasteiger partial charge in [-0.05, 0) is 60.2 Å². The predicted molar refractivity (Wildman–Crippen MR) is 85.0 cm³/mol. The van der Waals surface area contributed by atoms with Gasteiger partial charge in [0, 0.05) is 5.92 Å². The van der Waals surface area contributed by atoms with Crippen molar-refractivity contribution in [3.63, 3.8) is 0 Å². The number of aryl methyl sites for hydroxylation is 1. The third-order valence-corrected chi connectivity index (χ3v) is 4.46. The van der Waals surface area contributed by atoms with Gasteiger partial charge in [0.2, 0.25) is 6.79 Å². The maximum absolute atomic E-state index is 5.75. The molecule has 114 valence electrons. The summed E-state index contributed by atoms with van der Waals surface area (Å²) < 4.78 is 16.7. The van der Waals surface area contributed by atoms with Gasteiger partial charge in [-0.1, -0.05) is 19.1 Å². The fraction of sp³-hybridized carbons (Fsp3) is 0.368. The normalized spacial score (nSPS) is 18.3. The number of hydrogen-bond acceptors (Lipinski definition) is 3. The van der Waals surface area contributed by atoms with E-state index in [1.165, 1.54) is 16.7 Å². The maximum Gasteiger partial charge on any atom is 0.231 e. The fourth-order valence-electron chi connectivity index (χ4n) is 3.38. The van der Waals surface area contributed by atoms with E-state index in [0.29, 0.717) is 12.7 Å². The van der Waals surface area contributed by atoms with Crippen LogP contribution in [0.25, 0.3) is 0 Å². The Labute approximate surface area is 130 Å². The Morgan fingerprint density at radius 3 is 2.91 bits per heavy atom. The van der Waals surface area contributed by atoms with Crippen LogP contribution in [0.2, 0.25) is 0 Å². The standard InChI is InChI=1S/C19H20O3/c1-2-9-20-15-5-7-17-13(10-15)3-6-16(17)14-4-8-18-19(11-14)22-12-21-18/h4-5,7-8,10-11,16H,2-3,6,9,12H2,1H3. The molecule has 2 aromatic carbocycles. The lowest BCUT2D eigenvalue weighted by Crippen LogP contribution is -1.98. The summed E-state index contributed by atoms with van der Waals surface area (Å²) >= 11 is 0. The summed E-state index contributed by atoms with van der Waals surface area (Å²) in [5.74, 6) is 3.16. The van der Waals surface area contributed by atoms with Gasteiger partial charge in [-0.15, -0.1) is 0 Å². The van der Waals surface area contributed by atoms with Crippen LogP contribution in [0.5, 0.6) is 17.2 Å². The summed E-state index contributed by atoms with van der Waals surface area (Å²) in [6.07, 6.45) is 3.29. The highest BCUT2D eigenvalue weighted by Gasteiger charge is 2.26. The largest absolute Gasteiger partial charge is 0.494 e. The van der Waals surface area contributed by atoms with Gasteiger partial charge in [-0.25, -0.2) is 0 Å². The number of benzene rings is 2. The molecule has 2 aliphatic rings. The molecule has 0 saturated carbocycles. The first-order chi connectivity index (χ1) is 10.8. The third kappa shape index (κ3) is 2.31. The molecule has 0 amide bonds. The third-order valence-electron chi connectivity index (χ3n) is 4.46. The van der Waals surface area contributed by atoms with E-state index in [1.807, 2.05) is 6.07 Å². The highest BCUT2D eigenvalue weighted by molar-refractivity contribution is 5.50. The van der Waals surface area contributed by atoms with Crippen molar-refractivity contribution in [3.8, 4) is 17.2 Å². The molecule has 0 aromatic heterocycles. The van der Waals surface area contributed by atoms with Crippen LogP contribution in [0.3, 0.4) is 0 Å². The Morgan fingerprint density at radius 1 is 1.09 bits per heavy atom. The monoisotopic (exact) mass is 296 g/mol. The lowest BCUT2D eigenvalue weighted by atomic mass is 9.93. The van der Waals surface area contributed by atoms with E-state index in [1.54, 1.807) is 0 Å². The SMILES string of the molecule is CCCOc1ccc2c(c1)CCC2c1ccc2c(c1)OCO2. The van der Waals surface area contributed by atoms with Gasteiger partial charge in [0.1, 0.15) is 5.75 Å². The van der Waals surface area contributed by atoms with Crippen LogP contribution in [0.15, 0.2) is 36.4 Å². The molecule has 0 radical (unpaired) electrons. The minimum Gasteiger partial charge on any atom is -0.494 e. The molecule has 3 nitrogen and oxygen atoms in total. The second-order valence-corrected chi connectivity index (χ2v) is 5.91. The van der Waals surface area contributed by atoms with Crippen LogP contribution in [-0.4, -0.2) is 13.4 Å². The molecule has 0 N–H and O–H groups in total. The summed E-state index contributed by atoms with van der Waals surface area (Å²) in [6, 6.07) is 12.8. The molecule has 3 heteroatoms. The predicted octanol–water partition coefficient (Wildman–Crippen LogP) is 4.28. The molecule has 22 heavy (non-hydrogen) atoms. The molecule has 0 fully saturated rings. The number of fused-ring (bicyclic) bond motifs is 2. The van der Waals surface area contributed by atoms with Crippen LogP contribution in [-0.2, 0) is 6.42 Å². The topological polar surface area (TPSA) is 27.7 Å². The Balaban J connectivity index is 1.61. The Morgan fingerprint density at radius 2 is 2.00 bits per heavy atom. The average Bonchev–Trinajstić information content (AvgIpc) is 3.18. The first-order valence-electron chi connectivity index (χ1n) is 8.00. The van der Waals surface area contributed by atoms with Gasteiger partial charge in [-0.3, -0.25) is 0 Å². The van der Waals surface area contributed by atoms with Gasteiger partial charge < -0.3 is 14.2 Å². The van der Waals surface area contributed by atoms with Crippen molar-refractivity contribution in [3.05, 3.63) is 53.1 Å². The number of ether oxygens (including phenoxy) is 3. The molecule has 4 rings (SSSR count). The molecular weight excluding hydrogens is 276 g/mol. The van der Waals surface area contributed by atoms with Gasteiger partial charge in [0.25, 0.3) is 0 Å². The quantitative estimate of drug-likeness (QED) is 0.842. The van der Waals surface area contributed by atoms with Crippen molar-refractivity contribution >= 4 is 0 Å². The minimum atomic E-state index is 0.332. The molecule has 1 aliphatic heterocycles. The maximum atomic E-state index is 5.75. The van der Waals surface area contributed by atoms with Crippen molar-refractivity contribution in [1.29, 1.82) is 0 Å². The molecule has 1 unspecified atom stereocenters. The van der Waals surface area contributed by atoms with E-state index >= 15 is 0 Å². The van der Waals surface area contributed by atoms with Gasteiger partial charge in [0.15, 0.2) is 11.5 Å². The second kappa shape index (κ2) is 5.56. The lowest BCUT2D eigenvalue weighted by Gasteiger charge is -2.13. The van der Waals surface area contributed by atoms with Crippen molar-refractivity contribution in [2.75, 3.05) is 13.4 Å². The Kier molecular flexibility index (Phi) is 3.41. The van der Waals surface area contributed by atoms with Crippen LogP contribution in [0.1, 0.15) is 42.4 Å². The molecule has 1 aliphatic carbocycles. The van der Waals surface area contributed by atoms with Gasteiger partial charge in [0.05, 0.1) is 6.61 Å². The molecule has 1 atom stereocenters. The number of rotatable bonds is 4. The van der Waals surface area contributed by atoms with Crippen molar-refractivity contribution in [2.24, 2.45) is 0 Å². The van der Waals surface area contributed by atoms with Crippen molar-refractivity contribution in [1.82, 2.24) is 0 Å². The zero-order valence-electron chi connectivity index (χ0n) is 12.8. The zero-order chi connectivity index (χ0) is 14.9. The molecule has 2 aromatic rings. The van der Waals surface area contributed by atoms with E-state index in [4.69, 9.17) is 14.2 Å². The average molecular weight is 296 g/mol. The summed E-state index contributed by atoms with van der Waals surface area (Å²) in [6.45, 7) is 3.24. The summed E-state index contributed by atoms with van der Waals surface area (Å²) in [4.78, 5) is 0. The second-order valence-electron chi connectivity index (χ2n) is 5.91. The van der Waals surface area contributed by atoms with Crippen molar-refractivity contribution < 1.29 is 14.2 Å². The molecule has 0 bridgehead atoms. The Hall–Kier alpha value is -2.16. The summed E-state index contributed by atoms with van der Waals surface area (Å²) in [5, 5.41) is 0. The first-order valence-corrected chi connectivity index (χ1v) is 8.00. The summed E-state index contributed by atoms with van der Waals surface area (Å²) in [7, 11) is 0. The fourth-order valence-corrected chi connectivity index (χ4v) is 3.38. The number of hydrogen-bond donors (Lipinski definition) is 0. The van der Waals surface area contributed by atoms with E-state index < -0.39 is 0 Å². The highest BCUT2D eigenvalue weighted by atomic mass is 16.7. The van der Waals surface area contributed by atoms with Crippen LogP contribution < -0.4 is 14.2 Å². The first kappa shape index (κ1) is 13.5. The van der Waals surface area contributed by atoms with Crippen LogP contribution >= 0.6 is 0 Å². The van der Waals surface area contributed by atoms with Crippen LogP contribution in [0, 0.1) is 0 Å². The minimum absolute atomic E-state index is 0.332. The van der Waals surface area contributed by atoms with E-state index in [2.05, 4.69) is 37.3 Å². The lowest BCUT2D eigenvalue weighted by molar-refractivity contribution is 0.174. The molecule has 0 spiro atoms. The van der Waals surface area contributed by atoms with Gasteiger partial charge >= 0.3 is 0 Å². The smallest absolute Gasteiger partial charge is 0.231 e. The Bertz CT molecular complexity index is 693. The zero-order valence-corrected chi connectivity index (χ0v) is 12.8. The van der Waals surface area contributed by atoms with Crippen molar-refractivity contribution in [2.45, 2.75) is 32.1 Å².